The fourth-order valence-electron chi connectivity index (χ4n) is 1.76. The van der Waals surface area contributed by atoms with Crippen molar-refractivity contribution >= 4 is 34.2 Å². The number of nitrogens with zero attached hydrogens (tertiary/aromatic N) is 1. The number of pyridine rings is 1. The molecule has 4 nitrogen and oxygen atoms in total. The van der Waals surface area contributed by atoms with Crippen LogP contribution < -0.4 is 11.1 Å². The van der Waals surface area contributed by atoms with E-state index in [1.807, 2.05) is 42.1 Å². The molecule has 0 amide bonds. The number of benzene rings is 1. The van der Waals surface area contributed by atoms with E-state index in [9.17, 15) is 0 Å². The summed E-state index contributed by atoms with van der Waals surface area (Å²) < 4.78 is 0. The molecule has 4 N–H and O–H groups in total. The lowest BCUT2D eigenvalue weighted by Crippen LogP contribution is -2.06. The van der Waals surface area contributed by atoms with Crippen LogP contribution in [-0.4, -0.2) is 34.7 Å². The zero-order chi connectivity index (χ0) is 13.5. The maximum absolute atomic E-state index is 8.67. The van der Waals surface area contributed by atoms with Crippen LogP contribution >= 0.6 is 11.8 Å². The van der Waals surface area contributed by atoms with Crippen LogP contribution in [0.3, 0.4) is 0 Å². The van der Waals surface area contributed by atoms with Crippen LogP contribution in [0.4, 0.5) is 11.5 Å². The first-order valence-electron chi connectivity index (χ1n) is 6.38. The van der Waals surface area contributed by atoms with Gasteiger partial charge in [0.05, 0.1) is 5.52 Å². The second-order valence-electron chi connectivity index (χ2n) is 4.26. The summed E-state index contributed by atoms with van der Waals surface area (Å²) in [6.07, 6.45) is 0.861. The number of nitrogen functional groups attached to an aromatic ring is 1. The van der Waals surface area contributed by atoms with Gasteiger partial charge in [0.2, 0.25) is 0 Å². The fourth-order valence-corrected chi connectivity index (χ4v) is 2.55. The van der Waals surface area contributed by atoms with E-state index in [0.717, 1.165) is 46.9 Å². The molecule has 1 aromatic carbocycles. The summed E-state index contributed by atoms with van der Waals surface area (Å²) in [5.41, 5.74) is 7.45. The van der Waals surface area contributed by atoms with Gasteiger partial charge in [-0.2, -0.15) is 11.8 Å². The second kappa shape index (κ2) is 7.21. The monoisotopic (exact) mass is 277 g/mol. The average molecular weight is 277 g/mol. The number of fused-ring (bicyclic) bond motifs is 1. The normalized spacial score (nSPS) is 10.8. The third kappa shape index (κ3) is 4.29. The lowest BCUT2D eigenvalue weighted by atomic mass is 10.2. The van der Waals surface area contributed by atoms with E-state index in [2.05, 4.69) is 10.3 Å². The molecule has 0 saturated carbocycles. The van der Waals surface area contributed by atoms with Crippen LogP contribution in [0.2, 0.25) is 0 Å². The van der Waals surface area contributed by atoms with Crippen molar-refractivity contribution in [2.24, 2.45) is 0 Å². The second-order valence-corrected chi connectivity index (χ2v) is 5.49. The number of nitrogens with one attached hydrogen (secondary N) is 1. The van der Waals surface area contributed by atoms with Gasteiger partial charge in [0.15, 0.2) is 0 Å². The Kier molecular flexibility index (Phi) is 5.30. The molecule has 2 rings (SSSR count). The van der Waals surface area contributed by atoms with Crippen molar-refractivity contribution in [2.45, 2.75) is 6.42 Å². The third-order valence-corrected chi connectivity index (χ3v) is 3.78. The molecule has 0 bridgehead atoms. The highest BCUT2D eigenvalue weighted by Crippen LogP contribution is 2.17. The molecule has 0 unspecified atom stereocenters. The first kappa shape index (κ1) is 14.0. The molecular formula is C14H19N3OS. The zero-order valence-electron chi connectivity index (χ0n) is 10.8. The van der Waals surface area contributed by atoms with Gasteiger partial charge in [0.1, 0.15) is 5.82 Å². The van der Waals surface area contributed by atoms with E-state index in [1.54, 1.807) is 0 Å². The Morgan fingerprint density at radius 1 is 1.21 bits per heavy atom. The molecule has 2 aromatic rings. The number of thioether (sulfide) groups is 1. The lowest BCUT2D eigenvalue weighted by Gasteiger charge is -2.07. The van der Waals surface area contributed by atoms with Gasteiger partial charge in [0, 0.05) is 30.0 Å². The summed E-state index contributed by atoms with van der Waals surface area (Å²) in [6, 6.07) is 9.73. The standard InChI is InChI=1S/C14H19N3OS/c15-12-3-4-13-11(10-12)2-5-14(17-13)16-6-9-19-8-1-7-18/h2-5,10,18H,1,6-9,15H2,(H,16,17). The topological polar surface area (TPSA) is 71.2 Å². The number of aromatic nitrogens is 1. The van der Waals surface area contributed by atoms with Crippen LogP contribution in [0.1, 0.15) is 6.42 Å². The van der Waals surface area contributed by atoms with Crippen LogP contribution in [0.25, 0.3) is 10.9 Å². The van der Waals surface area contributed by atoms with Crippen LogP contribution in [-0.2, 0) is 0 Å². The molecule has 0 aliphatic heterocycles. The molecule has 0 radical (unpaired) electrons. The maximum Gasteiger partial charge on any atom is 0.126 e. The lowest BCUT2D eigenvalue weighted by molar-refractivity contribution is 0.296. The minimum absolute atomic E-state index is 0.274. The smallest absolute Gasteiger partial charge is 0.126 e. The number of nitrogens with two attached hydrogens (primary N) is 1. The highest BCUT2D eigenvalue weighted by Gasteiger charge is 1.98. The number of hydrogen-bond donors (Lipinski definition) is 3. The molecule has 0 aliphatic rings. The summed E-state index contributed by atoms with van der Waals surface area (Å²) >= 11 is 1.84. The molecule has 19 heavy (non-hydrogen) atoms. The summed E-state index contributed by atoms with van der Waals surface area (Å²) in [7, 11) is 0. The van der Waals surface area contributed by atoms with Crippen molar-refractivity contribution in [1.82, 2.24) is 4.98 Å². The number of anilines is 2. The first-order chi connectivity index (χ1) is 9.29. The highest BCUT2D eigenvalue weighted by molar-refractivity contribution is 7.99. The minimum Gasteiger partial charge on any atom is -0.399 e. The average Bonchev–Trinajstić information content (AvgIpc) is 2.43. The van der Waals surface area contributed by atoms with Crippen molar-refractivity contribution in [3.05, 3.63) is 30.3 Å². The maximum atomic E-state index is 8.67. The Morgan fingerprint density at radius 2 is 2.11 bits per heavy atom. The summed E-state index contributed by atoms with van der Waals surface area (Å²) in [4.78, 5) is 4.53. The Balaban J connectivity index is 1.86. The first-order valence-corrected chi connectivity index (χ1v) is 7.54. The van der Waals surface area contributed by atoms with E-state index in [4.69, 9.17) is 10.8 Å². The Morgan fingerprint density at radius 3 is 2.95 bits per heavy atom. The summed E-state index contributed by atoms with van der Waals surface area (Å²) in [5.74, 6) is 2.91. The zero-order valence-corrected chi connectivity index (χ0v) is 11.6. The number of rotatable bonds is 7. The molecule has 0 atom stereocenters. The number of hydrogen-bond acceptors (Lipinski definition) is 5. The van der Waals surface area contributed by atoms with Crippen LogP contribution in [0, 0.1) is 0 Å². The Hall–Kier alpha value is -1.46. The van der Waals surface area contributed by atoms with Gasteiger partial charge in [-0.25, -0.2) is 4.98 Å². The van der Waals surface area contributed by atoms with Crippen molar-refractivity contribution in [1.29, 1.82) is 0 Å². The van der Waals surface area contributed by atoms with Gasteiger partial charge in [-0.3, -0.25) is 0 Å². The molecule has 0 fully saturated rings. The van der Waals surface area contributed by atoms with E-state index >= 15 is 0 Å². The SMILES string of the molecule is Nc1ccc2nc(NCCSCCCO)ccc2c1. The van der Waals surface area contributed by atoms with E-state index in [0.29, 0.717) is 0 Å². The molecule has 0 saturated heterocycles. The van der Waals surface area contributed by atoms with Gasteiger partial charge in [0.25, 0.3) is 0 Å². The van der Waals surface area contributed by atoms with Crippen molar-refractivity contribution in [3.63, 3.8) is 0 Å². The van der Waals surface area contributed by atoms with Gasteiger partial charge in [-0.05, 0) is 42.5 Å². The van der Waals surface area contributed by atoms with E-state index < -0.39 is 0 Å². The fraction of sp³-hybridized carbons (Fsp3) is 0.357. The van der Waals surface area contributed by atoms with Crippen LogP contribution in [0.5, 0.6) is 0 Å². The van der Waals surface area contributed by atoms with Crippen molar-refractivity contribution < 1.29 is 5.11 Å². The van der Waals surface area contributed by atoms with Gasteiger partial charge in [-0.1, -0.05) is 0 Å². The van der Waals surface area contributed by atoms with E-state index in [1.165, 1.54) is 0 Å². The molecule has 102 valence electrons. The Labute approximate surface area is 117 Å². The summed E-state index contributed by atoms with van der Waals surface area (Å²) in [5, 5.41) is 13.0. The molecule has 0 spiro atoms. The molecule has 0 aliphatic carbocycles. The predicted octanol–water partition coefficient (Wildman–Crippen LogP) is 2.34. The van der Waals surface area contributed by atoms with Crippen molar-refractivity contribution in [3.8, 4) is 0 Å². The molecule has 5 heteroatoms. The van der Waals surface area contributed by atoms with Gasteiger partial charge >= 0.3 is 0 Å². The van der Waals surface area contributed by atoms with E-state index in [-0.39, 0.29) is 6.61 Å². The summed E-state index contributed by atoms with van der Waals surface area (Å²) in [6.45, 7) is 1.15. The quantitative estimate of drug-likeness (QED) is 0.535. The van der Waals surface area contributed by atoms with Gasteiger partial charge < -0.3 is 16.2 Å². The molecule has 1 aromatic heterocycles. The number of aliphatic hydroxyl groups excluding tert-OH is 1. The molecule has 1 heterocycles. The van der Waals surface area contributed by atoms with Crippen LogP contribution in [0.15, 0.2) is 30.3 Å². The largest absolute Gasteiger partial charge is 0.399 e. The predicted molar refractivity (Wildman–Crippen MR) is 83.7 cm³/mol. The Bertz CT molecular complexity index is 533. The minimum atomic E-state index is 0.274. The number of aliphatic hydroxyl groups is 1. The van der Waals surface area contributed by atoms with Gasteiger partial charge in [-0.15, -0.1) is 0 Å². The van der Waals surface area contributed by atoms with Crippen molar-refractivity contribution in [2.75, 3.05) is 35.7 Å². The highest BCUT2D eigenvalue weighted by atomic mass is 32.2. The molecular weight excluding hydrogens is 258 g/mol. The third-order valence-electron chi connectivity index (χ3n) is 2.71.